The van der Waals surface area contributed by atoms with Crippen LogP contribution in [0, 0.1) is 0 Å². The molecule has 9 nitrogen and oxygen atoms in total. The summed E-state index contributed by atoms with van der Waals surface area (Å²) in [4.78, 5) is 24.7. The van der Waals surface area contributed by atoms with Gasteiger partial charge in [-0.1, -0.05) is 71.4 Å². The van der Waals surface area contributed by atoms with E-state index in [0.29, 0.717) is 46.1 Å². The molecule has 0 fully saturated rings. The summed E-state index contributed by atoms with van der Waals surface area (Å²) < 4.78 is 12.6. The highest BCUT2D eigenvalue weighted by atomic mass is 79.9. The lowest BCUT2D eigenvalue weighted by Crippen LogP contribution is -2.19. The van der Waals surface area contributed by atoms with Crippen molar-refractivity contribution in [2.24, 2.45) is 5.10 Å². The van der Waals surface area contributed by atoms with Gasteiger partial charge in [-0.05, 0) is 60.4 Å². The maximum absolute atomic E-state index is 12.4. The van der Waals surface area contributed by atoms with Crippen molar-refractivity contribution in [1.29, 1.82) is 0 Å². The lowest BCUT2D eigenvalue weighted by molar-refractivity contribution is -0.120. The normalized spacial score (nSPS) is 11.7. The SMILES string of the molecule is CC[C@H](C)c1ccc(OCCOc2ccc(Br)cc2/C=N\NC(=O)Cc2nnc(NC(=O)c3ccccc3)s2)cc1. The Labute approximate surface area is 251 Å². The van der Waals surface area contributed by atoms with Gasteiger partial charge in [-0.25, -0.2) is 5.43 Å². The zero-order chi connectivity index (χ0) is 29.0. The van der Waals surface area contributed by atoms with Crippen molar-refractivity contribution in [3.63, 3.8) is 0 Å². The summed E-state index contributed by atoms with van der Waals surface area (Å²) in [6.07, 6.45) is 2.57. The molecule has 2 N–H and O–H groups in total. The average molecular weight is 637 g/mol. The Hall–Kier alpha value is -4.09. The van der Waals surface area contributed by atoms with Gasteiger partial charge in [0.25, 0.3) is 5.91 Å². The second-order valence-electron chi connectivity index (χ2n) is 9.05. The predicted molar refractivity (Wildman–Crippen MR) is 164 cm³/mol. The molecular weight excluding hydrogens is 606 g/mol. The van der Waals surface area contributed by atoms with Crippen LogP contribution in [0.15, 0.2) is 82.4 Å². The maximum Gasteiger partial charge on any atom is 0.257 e. The van der Waals surface area contributed by atoms with Gasteiger partial charge in [0.05, 0.1) is 12.6 Å². The standard InChI is InChI=1S/C30H30BrN5O4S/c1-3-20(2)21-9-12-25(13-10-21)39-15-16-40-26-14-11-24(31)17-23(26)19-32-34-27(37)18-28-35-36-30(41-28)33-29(38)22-7-5-4-6-8-22/h4-14,17,19-20H,3,15-16,18H2,1-2H3,(H,34,37)(H,33,36,38)/b32-19-/t20-/m0/s1. The minimum absolute atomic E-state index is 0.0340. The first-order valence-electron chi connectivity index (χ1n) is 13.1. The van der Waals surface area contributed by atoms with Crippen LogP contribution in [0.5, 0.6) is 11.5 Å². The molecular formula is C30H30BrN5O4S. The molecule has 1 heterocycles. The molecule has 0 saturated carbocycles. The molecule has 0 aliphatic rings. The number of aromatic nitrogens is 2. The first-order valence-corrected chi connectivity index (χ1v) is 14.7. The number of rotatable bonds is 13. The monoisotopic (exact) mass is 635 g/mol. The van der Waals surface area contributed by atoms with Gasteiger partial charge in [-0.15, -0.1) is 10.2 Å². The van der Waals surface area contributed by atoms with Gasteiger partial charge >= 0.3 is 0 Å². The molecule has 0 aliphatic heterocycles. The van der Waals surface area contributed by atoms with Crippen LogP contribution in [-0.2, 0) is 11.2 Å². The molecule has 2 amide bonds. The van der Waals surface area contributed by atoms with Crippen LogP contribution in [0.25, 0.3) is 0 Å². The van der Waals surface area contributed by atoms with Gasteiger partial charge in [0.2, 0.25) is 11.0 Å². The third-order valence-electron chi connectivity index (χ3n) is 6.07. The number of nitrogens with one attached hydrogen (secondary N) is 2. The number of hydrazone groups is 1. The summed E-state index contributed by atoms with van der Waals surface area (Å²) in [5.74, 6) is 1.25. The molecule has 0 unspecified atom stereocenters. The summed E-state index contributed by atoms with van der Waals surface area (Å²) in [7, 11) is 0. The van der Waals surface area contributed by atoms with E-state index >= 15 is 0 Å². The minimum atomic E-state index is -0.372. The number of hydrogen-bond donors (Lipinski definition) is 2. The van der Waals surface area contributed by atoms with E-state index in [4.69, 9.17) is 9.47 Å². The van der Waals surface area contributed by atoms with E-state index in [-0.39, 0.29) is 18.2 Å². The van der Waals surface area contributed by atoms with Crippen molar-refractivity contribution in [2.45, 2.75) is 32.6 Å². The Morgan fingerprint density at radius 3 is 2.54 bits per heavy atom. The molecule has 212 valence electrons. The Morgan fingerprint density at radius 2 is 1.78 bits per heavy atom. The molecule has 0 spiro atoms. The lowest BCUT2D eigenvalue weighted by Gasteiger charge is -2.12. The van der Waals surface area contributed by atoms with Crippen molar-refractivity contribution in [3.8, 4) is 11.5 Å². The van der Waals surface area contributed by atoms with Gasteiger partial charge in [-0.2, -0.15) is 5.10 Å². The average Bonchev–Trinajstić information content (AvgIpc) is 3.42. The van der Waals surface area contributed by atoms with Crippen LogP contribution in [0.4, 0.5) is 5.13 Å². The Kier molecular flexibility index (Phi) is 11.0. The highest BCUT2D eigenvalue weighted by Gasteiger charge is 2.12. The predicted octanol–water partition coefficient (Wildman–Crippen LogP) is 6.22. The minimum Gasteiger partial charge on any atom is -0.490 e. The fourth-order valence-corrected chi connectivity index (χ4v) is 4.79. The van der Waals surface area contributed by atoms with E-state index in [0.717, 1.165) is 28.0 Å². The maximum atomic E-state index is 12.4. The first kappa shape index (κ1) is 29.9. The Balaban J connectivity index is 1.24. The number of amides is 2. The van der Waals surface area contributed by atoms with E-state index in [1.165, 1.54) is 11.8 Å². The molecule has 0 bridgehead atoms. The summed E-state index contributed by atoms with van der Waals surface area (Å²) >= 11 is 4.58. The summed E-state index contributed by atoms with van der Waals surface area (Å²) in [5, 5.41) is 15.4. The fraction of sp³-hybridized carbons (Fsp3) is 0.233. The molecule has 0 radical (unpaired) electrons. The van der Waals surface area contributed by atoms with Crippen molar-refractivity contribution in [1.82, 2.24) is 15.6 Å². The van der Waals surface area contributed by atoms with Crippen molar-refractivity contribution < 1.29 is 19.1 Å². The number of benzene rings is 3. The zero-order valence-electron chi connectivity index (χ0n) is 22.7. The van der Waals surface area contributed by atoms with Gasteiger partial charge in [0.15, 0.2) is 0 Å². The van der Waals surface area contributed by atoms with Crippen LogP contribution in [-0.4, -0.2) is 41.4 Å². The third kappa shape index (κ3) is 9.22. The van der Waals surface area contributed by atoms with Crippen molar-refractivity contribution in [3.05, 3.63) is 99.0 Å². The van der Waals surface area contributed by atoms with Crippen molar-refractivity contribution in [2.75, 3.05) is 18.5 Å². The largest absolute Gasteiger partial charge is 0.490 e. The molecule has 4 aromatic rings. The number of hydrogen-bond acceptors (Lipinski definition) is 8. The van der Waals surface area contributed by atoms with E-state index in [1.54, 1.807) is 24.3 Å². The van der Waals surface area contributed by atoms with Crippen LogP contribution < -0.4 is 20.2 Å². The van der Waals surface area contributed by atoms with Gasteiger partial charge in [-0.3, -0.25) is 14.9 Å². The highest BCUT2D eigenvalue weighted by Crippen LogP contribution is 2.23. The molecule has 41 heavy (non-hydrogen) atoms. The summed E-state index contributed by atoms with van der Waals surface area (Å²) in [5.41, 5.74) is 4.97. The number of nitrogens with zero attached hydrogens (tertiary/aromatic N) is 3. The molecule has 0 aliphatic carbocycles. The zero-order valence-corrected chi connectivity index (χ0v) is 25.1. The first-order chi connectivity index (χ1) is 19.9. The van der Waals surface area contributed by atoms with Crippen LogP contribution in [0.3, 0.4) is 0 Å². The number of halogens is 1. The number of anilines is 1. The van der Waals surface area contributed by atoms with Crippen LogP contribution >= 0.6 is 27.3 Å². The van der Waals surface area contributed by atoms with E-state index in [9.17, 15) is 9.59 Å². The van der Waals surface area contributed by atoms with Crippen LogP contribution in [0.1, 0.15) is 52.7 Å². The van der Waals surface area contributed by atoms with Crippen LogP contribution in [0.2, 0.25) is 0 Å². The fourth-order valence-electron chi connectivity index (χ4n) is 3.68. The molecule has 11 heteroatoms. The molecule has 4 rings (SSSR count). The Bertz CT molecular complexity index is 1480. The second-order valence-corrected chi connectivity index (χ2v) is 11.0. The van der Waals surface area contributed by atoms with E-state index in [2.05, 4.69) is 68.0 Å². The Morgan fingerprint density at radius 1 is 1.02 bits per heavy atom. The van der Waals surface area contributed by atoms with E-state index < -0.39 is 0 Å². The third-order valence-corrected chi connectivity index (χ3v) is 7.40. The number of carbonyl (C=O) groups is 2. The second kappa shape index (κ2) is 15.1. The van der Waals surface area contributed by atoms with Crippen molar-refractivity contribution >= 4 is 50.4 Å². The molecule has 1 atom stereocenters. The molecule has 0 saturated heterocycles. The quantitative estimate of drug-likeness (QED) is 0.102. The smallest absolute Gasteiger partial charge is 0.257 e. The molecule has 3 aromatic carbocycles. The number of ether oxygens (including phenoxy) is 2. The molecule has 1 aromatic heterocycles. The summed E-state index contributed by atoms with van der Waals surface area (Å²) in [6, 6.07) is 22.4. The highest BCUT2D eigenvalue weighted by molar-refractivity contribution is 9.10. The lowest BCUT2D eigenvalue weighted by atomic mass is 9.99. The van der Waals surface area contributed by atoms with Gasteiger partial charge < -0.3 is 9.47 Å². The van der Waals surface area contributed by atoms with Gasteiger partial charge in [0.1, 0.15) is 29.7 Å². The van der Waals surface area contributed by atoms with E-state index in [1.807, 2.05) is 36.4 Å². The number of carbonyl (C=O) groups excluding carboxylic acids is 2. The summed E-state index contributed by atoms with van der Waals surface area (Å²) in [6.45, 7) is 5.09. The topological polar surface area (TPSA) is 115 Å². The van der Waals surface area contributed by atoms with Gasteiger partial charge in [0, 0.05) is 15.6 Å².